The van der Waals surface area contributed by atoms with E-state index in [0.717, 1.165) is 10.0 Å². The number of rotatable bonds is 3. The molecule has 0 saturated heterocycles. The number of benzene rings is 1. The molecule has 1 aromatic heterocycles. The molecule has 96 valence electrons. The Bertz CT molecular complexity index is 670. The highest BCUT2D eigenvalue weighted by molar-refractivity contribution is 9.10. The number of aliphatic hydroxyl groups excluding tert-OH is 1. The van der Waals surface area contributed by atoms with Crippen LogP contribution in [0.3, 0.4) is 0 Å². The van der Waals surface area contributed by atoms with E-state index in [4.69, 9.17) is 9.78 Å². The minimum absolute atomic E-state index is 0.0552. The summed E-state index contributed by atoms with van der Waals surface area (Å²) in [6.45, 7) is 5.23. The number of halogens is 1. The molecule has 0 aliphatic heterocycles. The second-order valence-corrected chi connectivity index (χ2v) is 4.87. The average molecular weight is 319 g/mol. The third-order valence-electron chi connectivity index (χ3n) is 2.78. The van der Waals surface area contributed by atoms with Crippen molar-refractivity contribution in [2.75, 3.05) is 0 Å². The van der Waals surface area contributed by atoms with Crippen LogP contribution in [0.1, 0.15) is 17.4 Å². The zero-order valence-corrected chi connectivity index (χ0v) is 11.8. The number of hydrogen-bond acceptors (Lipinski definition) is 4. The van der Waals surface area contributed by atoms with Crippen molar-refractivity contribution in [1.29, 1.82) is 5.26 Å². The summed E-state index contributed by atoms with van der Waals surface area (Å²) in [6, 6.07) is 9.31. The molecule has 0 spiro atoms. The van der Waals surface area contributed by atoms with Gasteiger partial charge >= 0.3 is 0 Å². The summed E-state index contributed by atoms with van der Waals surface area (Å²) in [7, 11) is 0. The van der Waals surface area contributed by atoms with E-state index in [1.807, 2.05) is 30.3 Å². The molecule has 1 heterocycles. The first-order chi connectivity index (χ1) is 9.06. The Morgan fingerprint density at radius 3 is 2.84 bits per heavy atom. The average Bonchev–Trinajstić information content (AvgIpc) is 2.79. The second-order valence-electron chi connectivity index (χ2n) is 4.02. The highest BCUT2D eigenvalue weighted by Gasteiger charge is 2.24. The van der Waals surface area contributed by atoms with Gasteiger partial charge in [-0.3, -0.25) is 0 Å². The van der Waals surface area contributed by atoms with Gasteiger partial charge in [-0.1, -0.05) is 45.9 Å². The molecule has 2 rings (SSSR count). The number of nitrogens with zero attached hydrogens (tertiary/aromatic N) is 2. The summed E-state index contributed by atoms with van der Waals surface area (Å²) < 4.78 is 5.97. The molecule has 0 aliphatic carbocycles. The third kappa shape index (κ3) is 2.46. The van der Waals surface area contributed by atoms with Gasteiger partial charge in [0.15, 0.2) is 0 Å². The molecule has 0 aliphatic rings. The Labute approximate surface area is 119 Å². The molecule has 0 radical (unpaired) electrons. The van der Waals surface area contributed by atoms with Gasteiger partial charge < -0.3 is 9.63 Å². The van der Waals surface area contributed by atoms with Crippen LogP contribution in [-0.4, -0.2) is 10.3 Å². The first kappa shape index (κ1) is 13.5. The maximum atomic E-state index is 10.2. The molecule has 5 heteroatoms. The first-order valence-corrected chi connectivity index (χ1v) is 6.33. The fraction of sp³-hybridized carbons (Fsp3) is 0.143. The standard InChI is InChI=1S/C14H11BrN2O2/c1-8(7-16)14(18)12-9(2)19-17-13(12)10-5-3-4-6-11(10)15/h3-6,14,18H,1H2,2H3. The van der Waals surface area contributed by atoms with Crippen molar-refractivity contribution in [2.45, 2.75) is 13.0 Å². The van der Waals surface area contributed by atoms with E-state index in [1.165, 1.54) is 0 Å². The summed E-state index contributed by atoms with van der Waals surface area (Å²) in [5.74, 6) is 0.467. The largest absolute Gasteiger partial charge is 0.383 e. The van der Waals surface area contributed by atoms with Crippen LogP contribution >= 0.6 is 15.9 Å². The Morgan fingerprint density at radius 1 is 1.53 bits per heavy atom. The number of aromatic nitrogens is 1. The molecule has 0 saturated carbocycles. The first-order valence-electron chi connectivity index (χ1n) is 5.54. The van der Waals surface area contributed by atoms with Gasteiger partial charge in [-0.15, -0.1) is 0 Å². The maximum Gasteiger partial charge on any atom is 0.140 e. The van der Waals surface area contributed by atoms with Crippen LogP contribution in [0.4, 0.5) is 0 Å². The van der Waals surface area contributed by atoms with Crippen molar-refractivity contribution in [3.05, 3.63) is 52.2 Å². The van der Waals surface area contributed by atoms with E-state index in [1.54, 1.807) is 6.92 Å². The summed E-state index contributed by atoms with van der Waals surface area (Å²) in [5.41, 5.74) is 1.83. The minimum atomic E-state index is -1.11. The van der Waals surface area contributed by atoms with Crippen LogP contribution in [0.2, 0.25) is 0 Å². The second kappa shape index (κ2) is 5.39. The van der Waals surface area contributed by atoms with E-state index in [9.17, 15) is 5.11 Å². The highest BCUT2D eigenvalue weighted by atomic mass is 79.9. The molecule has 0 bridgehead atoms. The van der Waals surface area contributed by atoms with Gasteiger partial charge in [-0.05, 0) is 13.0 Å². The SMILES string of the molecule is C=C(C#N)C(O)c1c(-c2ccccc2Br)noc1C. The Hall–Kier alpha value is -1.90. The van der Waals surface area contributed by atoms with E-state index in [-0.39, 0.29) is 5.57 Å². The van der Waals surface area contributed by atoms with Crippen LogP contribution in [0.15, 0.2) is 45.4 Å². The van der Waals surface area contributed by atoms with Gasteiger partial charge in [-0.25, -0.2) is 0 Å². The lowest BCUT2D eigenvalue weighted by Crippen LogP contribution is -2.02. The molecule has 0 amide bonds. The summed E-state index contributed by atoms with van der Waals surface area (Å²) in [5, 5.41) is 23.0. The minimum Gasteiger partial charge on any atom is -0.383 e. The zero-order chi connectivity index (χ0) is 14.0. The van der Waals surface area contributed by atoms with Crippen molar-refractivity contribution in [1.82, 2.24) is 5.16 Å². The van der Waals surface area contributed by atoms with Crippen molar-refractivity contribution >= 4 is 15.9 Å². The summed E-state index contributed by atoms with van der Waals surface area (Å²) in [4.78, 5) is 0. The van der Waals surface area contributed by atoms with E-state index in [2.05, 4.69) is 27.7 Å². The number of hydrogen-bond donors (Lipinski definition) is 1. The van der Waals surface area contributed by atoms with E-state index in [0.29, 0.717) is 17.0 Å². The van der Waals surface area contributed by atoms with Gasteiger partial charge in [0.2, 0.25) is 0 Å². The molecule has 2 aromatic rings. The molecule has 1 atom stereocenters. The van der Waals surface area contributed by atoms with Crippen molar-refractivity contribution in [2.24, 2.45) is 0 Å². The number of aryl methyl sites for hydroxylation is 1. The smallest absolute Gasteiger partial charge is 0.140 e. The predicted molar refractivity (Wildman–Crippen MR) is 74.1 cm³/mol. The third-order valence-corrected chi connectivity index (χ3v) is 3.48. The monoisotopic (exact) mass is 318 g/mol. The highest BCUT2D eigenvalue weighted by Crippen LogP contribution is 2.36. The van der Waals surface area contributed by atoms with Crippen molar-refractivity contribution in [3.8, 4) is 17.3 Å². The van der Waals surface area contributed by atoms with Crippen LogP contribution in [0, 0.1) is 18.3 Å². The van der Waals surface area contributed by atoms with E-state index >= 15 is 0 Å². The molecule has 1 aromatic carbocycles. The van der Waals surface area contributed by atoms with Crippen LogP contribution in [0.25, 0.3) is 11.3 Å². The van der Waals surface area contributed by atoms with Crippen LogP contribution < -0.4 is 0 Å². The fourth-order valence-electron chi connectivity index (χ4n) is 1.78. The quantitative estimate of drug-likeness (QED) is 0.879. The van der Waals surface area contributed by atoms with Gasteiger partial charge in [-0.2, -0.15) is 5.26 Å². The lowest BCUT2D eigenvalue weighted by Gasteiger charge is -2.09. The molecule has 0 fully saturated rings. The fourth-order valence-corrected chi connectivity index (χ4v) is 2.26. The van der Waals surface area contributed by atoms with E-state index < -0.39 is 6.10 Å². The Balaban J connectivity index is 2.59. The van der Waals surface area contributed by atoms with Gasteiger partial charge in [0.25, 0.3) is 0 Å². The van der Waals surface area contributed by atoms with Gasteiger partial charge in [0, 0.05) is 10.0 Å². The molecule has 4 nitrogen and oxygen atoms in total. The Kier molecular flexibility index (Phi) is 3.84. The Morgan fingerprint density at radius 2 is 2.21 bits per heavy atom. The normalized spacial score (nSPS) is 11.9. The zero-order valence-electron chi connectivity index (χ0n) is 10.2. The number of aliphatic hydroxyl groups is 1. The maximum absolute atomic E-state index is 10.2. The van der Waals surface area contributed by atoms with Crippen LogP contribution in [0.5, 0.6) is 0 Å². The molecule has 1 unspecified atom stereocenters. The lowest BCUT2D eigenvalue weighted by molar-refractivity contribution is 0.219. The van der Waals surface area contributed by atoms with Gasteiger partial charge in [0.05, 0.1) is 17.2 Å². The van der Waals surface area contributed by atoms with Crippen molar-refractivity contribution in [3.63, 3.8) is 0 Å². The molecular formula is C14H11BrN2O2. The summed E-state index contributed by atoms with van der Waals surface area (Å²) >= 11 is 3.43. The molecule has 19 heavy (non-hydrogen) atoms. The topological polar surface area (TPSA) is 70.0 Å². The van der Waals surface area contributed by atoms with Gasteiger partial charge in [0.1, 0.15) is 17.6 Å². The predicted octanol–water partition coefficient (Wildman–Crippen LogP) is 3.53. The van der Waals surface area contributed by atoms with Crippen molar-refractivity contribution < 1.29 is 9.63 Å². The number of nitriles is 1. The molecular weight excluding hydrogens is 308 g/mol. The summed E-state index contributed by atoms with van der Waals surface area (Å²) in [6.07, 6.45) is -1.11. The van der Waals surface area contributed by atoms with Crippen LogP contribution in [-0.2, 0) is 0 Å². The molecule has 1 N–H and O–H groups in total. The lowest BCUT2D eigenvalue weighted by atomic mass is 9.98.